The van der Waals surface area contributed by atoms with Crippen LogP contribution < -0.4 is 10.6 Å². The van der Waals surface area contributed by atoms with Crippen LogP contribution in [-0.2, 0) is 11.3 Å². The highest BCUT2D eigenvalue weighted by molar-refractivity contribution is 7.80. The van der Waals surface area contributed by atoms with Gasteiger partial charge in [0.05, 0.1) is 6.61 Å². The molecule has 0 unspecified atom stereocenters. The smallest absolute Gasteiger partial charge is 0.170 e. The van der Waals surface area contributed by atoms with Crippen molar-refractivity contribution in [3.8, 4) is 0 Å². The van der Waals surface area contributed by atoms with Crippen LogP contribution in [0.1, 0.15) is 12.0 Å². The normalized spacial score (nSPS) is 10.2. The first-order chi connectivity index (χ1) is 10.7. The molecule has 0 amide bonds. The minimum atomic E-state index is -0.264. The summed E-state index contributed by atoms with van der Waals surface area (Å²) in [5.74, 6) is -0.264. The van der Waals surface area contributed by atoms with E-state index in [9.17, 15) is 4.39 Å². The van der Waals surface area contributed by atoms with E-state index in [1.807, 2.05) is 30.3 Å². The first-order valence-electron chi connectivity index (χ1n) is 7.16. The first-order valence-corrected chi connectivity index (χ1v) is 7.57. The molecule has 0 atom stereocenters. The van der Waals surface area contributed by atoms with Gasteiger partial charge in [0.15, 0.2) is 5.11 Å². The van der Waals surface area contributed by atoms with Gasteiger partial charge in [-0.15, -0.1) is 0 Å². The topological polar surface area (TPSA) is 33.3 Å². The van der Waals surface area contributed by atoms with Crippen LogP contribution in [0.2, 0.25) is 0 Å². The predicted octanol–water partition coefficient (Wildman–Crippen LogP) is 3.72. The van der Waals surface area contributed by atoms with Crippen LogP contribution in [-0.4, -0.2) is 18.3 Å². The minimum Gasteiger partial charge on any atom is -0.377 e. The average Bonchev–Trinajstić information content (AvgIpc) is 2.54. The summed E-state index contributed by atoms with van der Waals surface area (Å²) in [5, 5.41) is 6.61. The lowest BCUT2D eigenvalue weighted by molar-refractivity contribution is 0.119. The molecular weight excluding hydrogens is 299 g/mol. The molecular formula is C17H19FN2OS. The Hall–Kier alpha value is -1.98. The molecule has 0 spiro atoms. The number of ether oxygens (including phenoxy) is 1. The van der Waals surface area contributed by atoms with Crippen LogP contribution in [0.3, 0.4) is 0 Å². The molecule has 0 aliphatic carbocycles. The summed E-state index contributed by atoms with van der Waals surface area (Å²) < 4.78 is 18.4. The van der Waals surface area contributed by atoms with Crippen LogP contribution >= 0.6 is 12.2 Å². The van der Waals surface area contributed by atoms with Crippen molar-refractivity contribution in [2.75, 3.05) is 18.5 Å². The number of halogens is 1. The van der Waals surface area contributed by atoms with E-state index >= 15 is 0 Å². The van der Waals surface area contributed by atoms with Gasteiger partial charge in [-0.1, -0.05) is 30.3 Å². The fraction of sp³-hybridized carbons (Fsp3) is 0.235. The molecule has 0 heterocycles. The van der Waals surface area contributed by atoms with Gasteiger partial charge >= 0.3 is 0 Å². The van der Waals surface area contributed by atoms with Crippen LogP contribution in [0.25, 0.3) is 0 Å². The zero-order chi connectivity index (χ0) is 15.6. The Morgan fingerprint density at radius 1 is 1.05 bits per heavy atom. The maximum Gasteiger partial charge on any atom is 0.170 e. The summed E-state index contributed by atoms with van der Waals surface area (Å²) >= 11 is 5.17. The third kappa shape index (κ3) is 6.20. The van der Waals surface area contributed by atoms with Crippen LogP contribution in [0.4, 0.5) is 10.1 Å². The molecule has 0 bridgehead atoms. The van der Waals surface area contributed by atoms with Crippen molar-refractivity contribution in [1.82, 2.24) is 5.32 Å². The van der Waals surface area contributed by atoms with Gasteiger partial charge in [0, 0.05) is 18.8 Å². The monoisotopic (exact) mass is 318 g/mol. The summed E-state index contributed by atoms with van der Waals surface area (Å²) in [6.07, 6.45) is 0.859. The van der Waals surface area contributed by atoms with Crippen molar-refractivity contribution in [2.24, 2.45) is 0 Å². The van der Waals surface area contributed by atoms with Gasteiger partial charge in [0.2, 0.25) is 0 Å². The van der Waals surface area contributed by atoms with Crippen molar-refractivity contribution in [3.05, 3.63) is 66.0 Å². The number of thiocarbonyl (C=S) groups is 1. The maximum atomic E-state index is 12.8. The molecule has 116 valence electrons. The molecule has 2 aromatic carbocycles. The number of rotatable bonds is 7. The van der Waals surface area contributed by atoms with Gasteiger partial charge in [-0.25, -0.2) is 4.39 Å². The van der Waals surface area contributed by atoms with Crippen molar-refractivity contribution in [2.45, 2.75) is 13.0 Å². The van der Waals surface area contributed by atoms with Crippen molar-refractivity contribution in [3.63, 3.8) is 0 Å². The zero-order valence-electron chi connectivity index (χ0n) is 12.2. The fourth-order valence-corrected chi connectivity index (χ4v) is 2.07. The summed E-state index contributed by atoms with van der Waals surface area (Å²) in [6.45, 7) is 2.02. The third-order valence-corrected chi connectivity index (χ3v) is 3.21. The van der Waals surface area contributed by atoms with E-state index < -0.39 is 0 Å². The number of benzene rings is 2. The Labute approximate surface area is 135 Å². The Bertz CT molecular complexity index is 575. The second-order valence-electron chi connectivity index (χ2n) is 4.78. The predicted molar refractivity (Wildman–Crippen MR) is 91.3 cm³/mol. The van der Waals surface area contributed by atoms with Crippen molar-refractivity contribution in [1.29, 1.82) is 0 Å². The van der Waals surface area contributed by atoms with Crippen LogP contribution in [0.5, 0.6) is 0 Å². The van der Waals surface area contributed by atoms with E-state index in [2.05, 4.69) is 10.6 Å². The zero-order valence-corrected chi connectivity index (χ0v) is 13.0. The Balaban J connectivity index is 1.54. The molecule has 0 radical (unpaired) electrons. The largest absolute Gasteiger partial charge is 0.377 e. The molecule has 3 nitrogen and oxygen atoms in total. The molecule has 2 N–H and O–H groups in total. The van der Waals surface area contributed by atoms with Gasteiger partial charge in [-0.05, 0) is 48.5 Å². The Morgan fingerprint density at radius 2 is 1.77 bits per heavy atom. The standard InChI is InChI=1S/C17H19FN2OS/c18-15-7-9-16(10-8-15)20-17(22)19-11-4-12-21-13-14-5-2-1-3-6-14/h1-3,5-10H,4,11-13H2,(H2,19,20,22). The lowest BCUT2D eigenvalue weighted by Gasteiger charge is -2.10. The summed E-state index contributed by atoms with van der Waals surface area (Å²) in [5.41, 5.74) is 1.93. The number of anilines is 1. The molecule has 2 rings (SSSR count). The summed E-state index contributed by atoms with van der Waals surface area (Å²) in [6, 6.07) is 16.1. The maximum absolute atomic E-state index is 12.8. The van der Waals surface area contributed by atoms with E-state index in [0.717, 1.165) is 18.7 Å². The van der Waals surface area contributed by atoms with Gasteiger partial charge in [0.1, 0.15) is 5.82 Å². The van der Waals surface area contributed by atoms with Crippen LogP contribution in [0, 0.1) is 5.82 Å². The molecule has 0 saturated heterocycles. The third-order valence-electron chi connectivity index (χ3n) is 2.96. The van der Waals surface area contributed by atoms with E-state index in [4.69, 9.17) is 17.0 Å². The minimum absolute atomic E-state index is 0.264. The highest BCUT2D eigenvalue weighted by atomic mass is 32.1. The van der Waals surface area contributed by atoms with Crippen molar-refractivity contribution < 1.29 is 9.13 Å². The SMILES string of the molecule is Fc1ccc(NC(=S)NCCCOCc2ccccc2)cc1. The van der Waals surface area contributed by atoms with Gasteiger partial charge < -0.3 is 15.4 Å². The lowest BCUT2D eigenvalue weighted by Crippen LogP contribution is -2.29. The first kappa shape index (κ1) is 16.4. The van der Waals surface area contributed by atoms with Crippen molar-refractivity contribution >= 4 is 23.0 Å². The quantitative estimate of drug-likeness (QED) is 0.602. The molecule has 0 aromatic heterocycles. The lowest BCUT2D eigenvalue weighted by atomic mass is 10.2. The summed E-state index contributed by atoms with van der Waals surface area (Å²) in [4.78, 5) is 0. The highest BCUT2D eigenvalue weighted by Gasteiger charge is 1.98. The average molecular weight is 318 g/mol. The fourth-order valence-electron chi connectivity index (χ4n) is 1.85. The molecule has 22 heavy (non-hydrogen) atoms. The summed E-state index contributed by atoms with van der Waals surface area (Å²) in [7, 11) is 0. The Morgan fingerprint density at radius 3 is 2.50 bits per heavy atom. The van der Waals surface area contributed by atoms with E-state index in [0.29, 0.717) is 18.3 Å². The van der Waals surface area contributed by atoms with Gasteiger partial charge in [-0.3, -0.25) is 0 Å². The van der Waals surface area contributed by atoms with Gasteiger partial charge in [0.25, 0.3) is 0 Å². The molecule has 0 aliphatic rings. The highest BCUT2D eigenvalue weighted by Crippen LogP contribution is 2.07. The number of nitrogens with one attached hydrogen (secondary N) is 2. The van der Waals surface area contributed by atoms with E-state index in [-0.39, 0.29) is 5.82 Å². The second-order valence-corrected chi connectivity index (χ2v) is 5.19. The number of hydrogen-bond acceptors (Lipinski definition) is 2. The molecule has 2 aromatic rings. The molecule has 5 heteroatoms. The van der Waals surface area contributed by atoms with Gasteiger partial charge in [-0.2, -0.15) is 0 Å². The number of hydrogen-bond donors (Lipinski definition) is 2. The Kier molecular flexibility index (Phi) is 6.80. The van der Waals surface area contributed by atoms with E-state index in [1.54, 1.807) is 12.1 Å². The van der Waals surface area contributed by atoms with E-state index in [1.165, 1.54) is 17.7 Å². The molecule has 0 aliphatic heterocycles. The van der Waals surface area contributed by atoms with Crippen LogP contribution in [0.15, 0.2) is 54.6 Å². The molecule has 0 saturated carbocycles. The molecule has 0 fully saturated rings. The second kappa shape index (κ2) is 9.12.